The van der Waals surface area contributed by atoms with E-state index in [0.717, 1.165) is 11.3 Å². The Balaban J connectivity index is 1.90. The summed E-state index contributed by atoms with van der Waals surface area (Å²) in [6.07, 6.45) is 0. The van der Waals surface area contributed by atoms with Crippen molar-refractivity contribution in [1.29, 1.82) is 0 Å². The normalized spacial score (nSPS) is 14.0. The van der Waals surface area contributed by atoms with Crippen molar-refractivity contribution in [2.24, 2.45) is 0 Å². The van der Waals surface area contributed by atoms with Gasteiger partial charge in [-0.3, -0.25) is 4.79 Å². The predicted octanol–water partition coefficient (Wildman–Crippen LogP) is 2.96. The molecule has 5 heteroatoms. The number of halogens is 1. The van der Waals surface area contributed by atoms with E-state index < -0.39 is 0 Å². The van der Waals surface area contributed by atoms with Crippen LogP contribution >= 0.6 is 11.6 Å². The average molecular weight is 303 g/mol. The first kappa shape index (κ1) is 13.8. The molecule has 1 aliphatic heterocycles. The van der Waals surface area contributed by atoms with Gasteiger partial charge >= 0.3 is 0 Å². The number of nitrogens with two attached hydrogens (primary N) is 1. The van der Waals surface area contributed by atoms with E-state index in [-0.39, 0.29) is 5.91 Å². The number of nitrogens with zero attached hydrogens (tertiary/aromatic N) is 1. The molecule has 0 unspecified atom stereocenters. The van der Waals surface area contributed by atoms with Gasteiger partial charge in [0.1, 0.15) is 12.4 Å². The molecular formula is C16H15ClN2O2. The maximum Gasteiger partial charge on any atom is 0.255 e. The van der Waals surface area contributed by atoms with Crippen molar-refractivity contribution >= 4 is 23.2 Å². The molecule has 0 aromatic heterocycles. The molecule has 2 aromatic carbocycles. The molecule has 0 bridgehead atoms. The summed E-state index contributed by atoms with van der Waals surface area (Å²) in [6, 6.07) is 12.8. The quantitative estimate of drug-likeness (QED) is 0.824. The molecule has 0 fully saturated rings. The summed E-state index contributed by atoms with van der Waals surface area (Å²) in [7, 11) is 0. The van der Waals surface area contributed by atoms with Crippen LogP contribution in [0.15, 0.2) is 42.5 Å². The third-order valence-corrected chi connectivity index (χ3v) is 3.92. The monoisotopic (exact) mass is 302 g/mol. The van der Waals surface area contributed by atoms with Crippen LogP contribution in [0.5, 0.6) is 5.75 Å². The number of rotatable bonds is 1. The summed E-state index contributed by atoms with van der Waals surface area (Å²) in [5.74, 6) is 0.694. The number of hydrogen-bond acceptors (Lipinski definition) is 3. The van der Waals surface area contributed by atoms with Gasteiger partial charge < -0.3 is 15.4 Å². The molecule has 3 rings (SSSR count). The highest BCUT2D eigenvalue weighted by atomic mass is 35.5. The number of benzene rings is 2. The molecular weight excluding hydrogens is 288 g/mol. The molecule has 0 radical (unpaired) electrons. The first-order chi connectivity index (χ1) is 10.2. The number of carbonyl (C=O) groups is 1. The van der Waals surface area contributed by atoms with Gasteiger partial charge in [0.05, 0.1) is 22.8 Å². The van der Waals surface area contributed by atoms with E-state index in [4.69, 9.17) is 22.1 Å². The van der Waals surface area contributed by atoms with Crippen molar-refractivity contribution in [1.82, 2.24) is 4.90 Å². The van der Waals surface area contributed by atoms with Crippen LogP contribution < -0.4 is 10.5 Å². The third-order valence-electron chi connectivity index (χ3n) is 3.50. The van der Waals surface area contributed by atoms with Crippen LogP contribution in [0.4, 0.5) is 5.69 Å². The van der Waals surface area contributed by atoms with E-state index in [1.54, 1.807) is 23.1 Å². The zero-order chi connectivity index (χ0) is 14.8. The molecule has 21 heavy (non-hydrogen) atoms. The van der Waals surface area contributed by atoms with Gasteiger partial charge in [-0.05, 0) is 18.2 Å². The van der Waals surface area contributed by atoms with Crippen LogP contribution in [0.3, 0.4) is 0 Å². The van der Waals surface area contributed by atoms with E-state index in [1.807, 2.05) is 24.3 Å². The number of para-hydroxylation sites is 1. The fourth-order valence-electron chi connectivity index (χ4n) is 2.38. The molecule has 0 saturated carbocycles. The van der Waals surface area contributed by atoms with Crippen molar-refractivity contribution in [2.45, 2.75) is 6.54 Å². The Morgan fingerprint density at radius 2 is 2.00 bits per heavy atom. The summed E-state index contributed by atoms with van der Waals surface area (Å²) in [5.41, 5.74) is 7.60. The topological polar surface area (TPSA) is 55.6 Å². The zero-order valence-corrected chi connectivity index (χ0v) is 12.1. The van der Waals surface area contributed by atoms with E-state index in [2.05, 4.69) is 0 Å². The van der Waals surface area contributed by atoms with Gasteiger partial charge in [0, 0.05) is 12.1 Å². The molecule has 0 atom stereocenters. The molecule has 2 aromatic rings. The molecule has 108 valence electrons. The van der Waals surface area contributed by atoms with E-state index in [0.29, 0.717) is 36.0 Å². The minimum absolute atomic E-state index is 0.132. The third kappa shape index (κ3) is 2.67. The first-order valence-corrected chi connectivity index (χ1v) is 7.08. The number of carbonyl (C=O) groups excluding carboxylic acids is 1. The Morgan fingerprint density at radius 3 is 2.86 bits per heavy atom. The van der Waals surface area contributed by atoms with Gasteiger partial charge in [-0.25, -0.2) is 0 Å². The summed E-state index contributed by atoms with van der Waals surface area (Å²) < 4.78 is 5.67. The lowest BCUT2D eigenvalue weighted by molar-refractivity contribution is 0.0733. The smallest absolute Gasteiger partial charge is 0.255 e. The second-order valence-electron chi connectivity index (χ2n) is 4.89. The fourth-order valence-corrected chi connectivity index (χ4v) is 2.59. The average Bonchev–Trinajstić information content (AvgIpc) is 2.71. The first-order valence-electron chi connectivity index (χ1n) is 6.71. The van der Waals surface area contributed by atoms with Gasteiger partial charge in [-0.15, -0.1) is 0 Å². The highest BCUT2D eigenvalue weighted by Crippen LogP contribution is 2.27. The largest absolute Gasteiger partial charge is 0.491 e. The number of fused-ring (bicyclic) bond motifs is 1. The van der Waals surface area contributed by atoms with Crippen molar-refractivity contribution in [3.8, 4) is 5.75 Å². The molecule has 0 saturated heterocycles. The molecule has 0 spiro atoms. The summed E-state index contributed by atoms with van der Waals surface area (Å²) in [6.45, 7) is 1.47. The number of ether oxygens (including phenoxy) is 1. The summed E-state index contributed by atoms with van der Waals surface area (Å²) in [4.78, 5) is 14.4. The Hall–Kier alpha value is -2.20. The molecule has 1 heterocycles. The Morgan fingerprint density at radius 1 is 1.19 bits per heavy atom. The lowest BCUT2D eigenvalue weighted by Gasteiger charge is -2.20. The number of nitrogen functional groups attached to an aromatic ring is 1. The van der Waals surface area contributed by atoms with Gasteiger partial charge in [-0.1, -0.05) is 35.9 Å². The van der Waals surface area contributed by atoms with Gasteiger partial charge in [-0.2, -0.15) is 0 Å². The van der Waals surface area contributed by atoms with Crippen LogP contribution in [-0.4, -0.2) is 24.0 Å². The number of anilines is 1. The van der Waals surface area contributed by atoms with Crippen LogP contribution in [0, 0.1) is 0 Å². The second-order valence-corrected chi connectivity index (χ2v) is 5.27. The number of hydrogen-bond donors (Lipinski definition) is 1. The minimum Gasteiger partial charge on any atom is -0.491 e. The fraction of sp³-hybridized carbons (Fsp3) is 0.188. The highest BCUT2D eigenvalue weighted by molar-refractivity contribution is 6.36. The van der Waals surface area contributed by atoms with E-state index in [9.17, 15) is 4.79 Å². The number of amides is 1. The molecule has 0 aliphatic carbocycles. The summed E-state index contributed by atoms with van der Waals surface area (Å²) in [5, 5.41) is 0.306. The lowest BCUT2D eigenvalue weighted by atomic mass is 10.1. The van der Waals surface area contributed by atoms with E-state index >= 15 is 0 Å². The molecule has 2 N–H and O–H groups in total. The summed E-state index contributed by atoms with van der Waals surface area (Å²) >= 11 is 6.14. The molecule has 1 aliphatic rings. The standard InChI is InChI=1S/C16H15ClN2O2/c17-15-12(5-3-6-13(15)18)16(20)19-8-9-21-14-7-2-1-4-11(14)10-19/h1-7H,8-10,18H2. The maximum absolute atomic E-state index is 12.7. The van der Waals surface area contributed by atoms with Crippen molar-refractivity contribution in [3.05, 3.63) is 58.6 Å². The van der Waals surface area contributed by atoms with Crippen LogP contribution in [0.2, 0.25) is 5.02 Å². The van der Waals surface area contributed by atoms with Gasteiger partial charge in [0.25, 0.3) is 5.91 Å². The van der Waals surface area contributed by atoms with Crippen molar-refractivity contribution in [3.63, 3.8) is 0 Å². The van der Waals surface area contributed by atoms with Crippen molar-refractivity contribution in [2.75, 3.05) is 18.9 Å². The zero-order valence-electron chi connectivity index (χ0n) is 11.4. The van der Waals surface area contributed by atoms with Crippen molar-refractivity contribution < 1.29 is 9.53 Å². The molecule has 4 nitrogen and oxygen atoms in total. The van der Waals surface area contributed by atoms with Crippen LogP contribution in [-0.2, 0) is 6.54 Å². The SMILES string of the molecule is Nc1cccc(C(=O)N2CCOc3ccccc3C2)c1Cl. The predicted molar refractivity (Wildman–Crippen MR) is 82.5 cm³/mol. The highest BCUT2D eigenvalue weighted by Gasteiger charge is 2.22. The van der Waals surface area contributed by atoms with Crippen LogP contribution in [0.1, 0.15) is 15.9 Å². The Kier molecular flexibility index (Phi) is 3.71. The Bertz CT molecular complexity index is 688. The van der Waals surface area contributed by atoms with E-state index in [1.165, 1.54) is 0 Å². The maximum atomic E-state index is 12.7. The lowest BCUT2D eigenvalue weighted by Crippen LogP contribution is -2.32. The Labute approximate surface area is 128 Å². The minimum atomic E-state index is -0.132. The van der Waals surface area contributed by atoms with Gasteiger partial charge in [0.15, 0.2) is 0 Å². The second kappa shape index (κ2) is 5.66. The molecule has 1 amide bonds. The van der Waals surface area contributed by atoms with Crippen LogP contribution in [0.25, 0.3) is 0 Å². The van der Waals surface area contributed by atoms with Gasteiger partial charge in [0.2, 0.25) is 0 Å².